The lowest BCUT2D eigenvalue weighted by molar-refractivity contribution is -0.119. The summed E-state index contributed by atoms with van der Waals surface area (Å²) in [5.41, 5.74) is 1.04. The van der Waals surface area contributed by atoms with Gasteiger partial charge in [-0.2, -0.15) is 4.31 Å². The van der Waals surface area contributed by atoms with Crippen molar-refractivity contribution >= 4 is 32.4 Å². The molecule has 0 bridgehead atoms. The van der Waals surface area contributed by atoms with Crippen molar-refractivity contribution in [1.82, 2.24) is 9.29 Å². The molecule has 1 fully saturated rings. The highest BCUT2D eigenvalue weighted by Gasteiger charge is 2.40. The summed E-state index contributed by atoms with van der Waals surface area (Å²) in [6.45, 7) is 0.198. The van der Waals surface area contributed by atoms with E-state index in [0.717, 1.165) is 41.7 Å². The highest BCUT2D eigenvalue weighted by atomic mass is 32.2. The molecule has 1 aromatic carbocycles. The number of aryl methyl sites for hydroxylation is 2. The number of rotatable bonds is 4. The largest absolute Gasteiger partial charge is 0.301 e. The predicted molar refractivity (Wildman–Crippen MR) is 105 cm³/mol. The molecular weight excluding hydrogens is 401 g/mol. The zero-order chi connectivity index (χ0) is 19.7. The van der Waals surface area contributed by atoms with Gasteiger partial charge in [0.1, 0.15) is 16.8 Å². The number of hydrogen-bond acceptors (Lipinski definition) is 5. The zero-order valence-corrected chi connectivity index (χ0v) is 17.0. The molecule has 0 saturated carbocycles. The summed E-state index contributed by atoms with van der Waals surface area (Å²) in [4.78, 5) is 18.2. The van der Waals surface area contributed by atoms with Crippen molar-refractivity contribution in [1.29, 1.82) is 0 Å². The van der Waals surface area contributed by atoms with E-state index in [4.69, 9.17) is 0 Å². The van der Waals surface area contributed by atoms with Gasteiger partial charge in [0.05, 0.1) is 5.69 Å². The molecule has 150 valence electrons. The Bertz CT molecular complexity index is 967. The van der Waals surface area contributed by atoms with Gasteiger partial charge < -0.3 is 5.32 Å². The number of nitrogens with one attached hydrogen (secondary N) is 1. The van der Waals surface area contributed by atoms with Crippen molar-refractivity contribution in [2.75, 3.05) is 11.9 Å². The number of nitrogens with zero attached hydrogens (tertiary/aromatic N) is 2. The summed E-state index contributed by atoms with van der Waals surface area (Å²) in [6, 6.07) is 4.41. The predicted octanol–water partition coefficient (Wildman–Crippen LogP) is 3.34. The van der Waals surface area contributed by atoms with Gasteiger partial charge in [-0.1, -0.05) is 18.6 Å². The van der Waals surface area contributed by atoms with Crippen LogP contribution in [-0.4, -0.2) is 36.2 Å². The molecule has 1 amide bonds. The number of amides is 1. The molecule has 28 heavy (non-hydrogen) atoms. The van der Waals surface area contributed by atoms with Gasteiger partial charge in [-0.25, -0.2) is 17.8 Å². The fraction of sp³-hybridized carbons (Fsp3) is 0.474. The summed E-state index contributed by atoms with van der Waals surface area (Å²) in [5.74, 6) is -1.21. The van der Waals surface area contributed by atoms with Crippen molar-refractivity contribution in [2.24, 2.45) is 0 Å². The summed E-state index contributed by atoms with van der Waals surface area (Å²) >= 11 is 1.47. The van der Waals surface area contributed by atoms with Crippen LogP contribution in [0.15, 0.2) is 29.2 Å². The highest BCUT2D eigenvalue weighted by Crippen LogP contribution is 2.31. The molecule has 0 radical (unpaired) electrons. The molecule has 2 aliphatic rings. The van der Waals surface area contributed by atoms with Gasteiger partial charge in [-0.15, -0.1) is 11.3 Å². The van der Waals surface area contributed by atoms with Crippen LogP contribution in [0, 0.1) is 5.82 Å². The number of halogens is 1. The van der Waals surface area contributed by atoms with E-state index < -0.39 is 32.7 Å². The number of sulfonamides is 1. The van der Waals surface area contributed by atoms with E-state index in [0.29, 0.717) is 18.0 Å². The van der Waals surface area contributed by atoms with Crippen LogP contribution in [0.2, 0.25) is 0 Å². The molecule has 1 unspecified atom stereocenters. The van der Waals surface area contributed by atoms with E-state index in [2.05, 4.69) is 10.3 Å². The van der Waals surface area contributed by atoms with Gasteiger partial charge >= 0.3 is 0 Å². The van der Waals surface area contributed by atoms with Crippen LogP contribution < -0.4 is 5.32 Å². The number of thiazole rings is 1. The Balaban J connectivity index is 1.53. The SMILES string of the molecule is O=C(Nc1nc2c(s1)CCCCC2)C1CCCN1S(=O)(=O)c1ccccc1F. The lowest BCUT2D eigenvalue weighted by Crippen LogP contribution is -2.43. The Morgan fingerprint density at radius 3 is 2.79 bits per heavy atom. The topological polar surface area (TPSA) is 79.4 Å². The molecule has 0 spiro atoms. The first-order valence-corrected chi connectivity index (χ1v) is 11.8. The Morgan fingerprint density at radius 2 is 1.96 bits per heavy atom. The van der Waals surface area contributed by atoms with E-state index in [1.54, 1.807) is 0 Å². The molecule has 1 N–H and O–H groups in total. The first-order valence-electron chi connectivity index (χ1n) is 9.52. The minimum Gasteiger partial charge on any atom is -0.301 e. The fourth-order valence-electron chi connectivity index (χ4n) is 3.84. The van der Waals surface area contributed by atoms with Crippen LogP contribution in [0.4, 0.5) is 9.52 Å². The zero-order valence-electron chi connectivity index (χ0n) is 15.4. The maximum Gasteiger partial charge on any atom is 0.246 e. The molecule has 2 aromatic rings. The van der Waals surface area contributed by atoms with E-state index in [1.165, 1.54) is 40.8 Å². The Hall–Kier alpha value is -1.84. The lowest BCUT2D eigenvalue weighted by atomic mass is 10.2. The van der Waals surface area contributed by atoms with Gasteiger partial charge in [-0.05, 0) is 50.7 Å². The number of fused-ring (bicyclic) bond motifs is 1. The third-order valence-electron chi connectivity index (χ3n) is 5.26. The van der Waals surface area contributed by atoms with E-state index >= 15 is 0 Å². The van der Waals surface area contributed by atoms with Crippen molar-refractivity contribution in [2.45, 2.75) is 55.9 Å². The van der Waals surface area contributed by atoms with Crippen LogP contribution in [0.25, 0.3) is 0 Å². The Labute approximate surface area is 167 Å². The molecule has 1 aromatic heterocycles. The Morgan fingerprint density at radius 1 is 1.18 bits per heavy atom. The average molecular weight is 424 g/mol. The van der Waals surface area contributed by atoms with Gasteiger partial charge in [0.2, 0.25) is 15.9 Å². The van der Waals surface area contributed by atoms with Crippen LogP contribution in [0.3, 0.4) is 0 Å². The average Bonchev–Trinajstić information content (AvgIpc) is 3.25. The van der Waals surface area contributed by atoms with Crippen molar-refractivity contribution < 1.29 is 17.6 Å². The summed E-state index contributed by atoms with van der Waals surface area (Å²) in [7, 11) is -4.08. The van der Waals surface area contributed by atoms with E-state index in [9.17, 15) is 17.6 Å². The molecule has 1 aliphatic heterocycles. The molecule has 6 nitrogen and oxygen atoms in total. The molecule has 1 aliphatic carbocycles. The number of benzene rings is 1. The second-order valence-electron chi connectivity index (χ2n) is 7.14. The number of anilines is 1. The summed E-state index contributed by atoms with van der Waals surface area (Å²) in [5, 5.41) is 3.32. The van der Waals surface area contributed by atoms with Crippen LogP contribution in [0.1, 0.15) is 42.7 Å². The number of hydrogen-bond donors (Lipinski definition) is 1. The molecule has 1 saturated heterocycles. The smallest absolute Gasteiger partial charge is 0.246 e. The van der Waals surface area contributed by atoms with Gasteiger partial charge in [0.25, 0.3) is 0 Å². The minimum absolute atomic E-state index is 0.198. The molecule has 1 atom stereocenters. The number of carbonyl (C=O) groups excluding carboxylic acids is 1. The molecule has 2 heterocycles. The van der Waals surface area contributed by atoms with Crippen molar-refractivity contribution in [3.8, 4) is 0 Å². The van der Waals surface area contributed by atoms with Crippen LogP contribution >= 0.6 is 11.3 Å². The molecule has 4 rings (SSSR count). The number of carbonyl (C=O) groups is 1. The number of aromatic nitrogens is 1. The third-order valence-corrected chi connectivity index (χ3v) is 8.27. The normalized spacial score (nSPS) is 20.5. The van der Waals surface area contributed by atoms with E-state index in [-0.39, 0.29) is 6.54 Å². The maximum absolute atomic E-state index is 14.1. The highest BCUT2D eigenvalue weighted by molar-refractivity contribution is 7.89. The summed E-state index contributed by atoms with van der Waals surface area (Å²) in [6.07, 6.45) is 6.26. The third kappa shape index (κ3) is 3.70. The standard InChI is InChI=1S/C19H22FN3O3S2/c20-13-7-4-5-11-17(13)28(25,26)23-12-6-9-15(23)18(24)22-19-21-14-8-2-1-3-10-16(14)27-19/h4-5,7,11,15H,1-3,6,8-10,12H2,(H,21,22,24). The first kappa shape index (κ1) is 19.5. The minimum atomic E-state index is -4.08. The van der Waals surface area contributed by atoms with E-state index in [1.807, 2.05) is 0 Å². The van der Waals surface area contributed by atoms with Crippen molar-refractivity contribution in [3.63, 3.8) is 0 Å². The van der Waals surface area contributed by atoms with Crippen LogP contribution in [0.5, 0.6) is 0 Å². The van der Waals surface area contributed by atoms with Gasteiger partial charge in [0, 0.05) is 11.4 Å². The lowest BCUT2D eigenvalue weighted by Gasteiger charge is -2.23. The fourth-order valence-corrected chi connectivity index (χ4v) is 6.62. The molecule has 9 heteroatoms. The quantitative estimate of drug-likeness (QED) is 0.765. The van der Waals surface area contributed by atoms with Crippen LogP contribution in [-0.2, 0) is 27.7 Å². The Kier molecular flexibility index (Phi) is 5.48. The van der Waals surface area contributed by atoms with Crippen molar-refractivity contribution in [3.05, 3.63) is 40.7 Å². The second-order valence-corrected chi connectivity index (χ2v) is 10.1. The van der Waals surface area contributed by atoms with Gasteiger partial charge in [-0.3, -0.25) is 4.79 Å². The van der Waals surface area contributed by atoms with Gasteiger partial charge in [0.15, 0.2) is 5.13 Å². The first-order chi connectivity index (χ1) is 13.5. The second kappa shape index (κ2) is 7.88. The monoisotopic (exact) mass is 423 g/mol. The molecular formula is C19H22FN3O3S2. The maximum atomic E-state index is 14.1. The summed E-state index contributed by atoms with van der Waals surface area (Å²) < 4.78 is 41.0.